The van der Waals surface area contributed by atoms with Crippen molar-refractivity contribution in [1.82, 2.24) is 0 Å². The highest BCUT2D eigenvalue weighted by atomic mass is 14.4. The molecule has 1 heteroatoms. The first-order valence-corrected chi connectivity index (χ1v) is 6.51. The Morgan fingerprint density at radius 3 is 2.44 bits per heavy atom. The molecular formula is C17H13N. The molecule has 0 heterocycles. The summed E-state index contributed by atoms with van der Waals surface area (Å²) in [7, 11) is 0. The minimum absolute atomic E-state index is 0.347. The number of allylic oxidation sites excluding steroid dienone is 2. The summed E-state index contributed by atoms with van der Waals surface area (Å²) in [6.45, 7) is 0. The lowest BCUT2D eigenvalue weighted by Gasteiger charge is -2.35. The van der Waals surface area contributed by atoms with E-state index in [2.05, 4.69) is 48.5 Å². The number of benzene rings is 2. The van der Waals surface area contributed by atoms with Crippen LogP contribution in [0.15, 0.2) is 48.0 Å². The predicted octanol–water partition coefficient (Wildman–Crippen LogP) is 4.26. The van der Waals surface area contributed by atoms with Gasteiger partial charge in [-0.15, -0.1) is 0 Å². The zero-order valence-corrected chi connectivity index (χ0v) is 10.1. The van der Waals surface area contributed by atoms with Gasteiger partial charge in [0.15, 0.2) is 0 Å². The quantitative estimate of drug-likeness (QED) is 0.664. The Hall–Kier alpha value is -2.07. The lowest BCUT2D eigenvalue weighted by atomic mass is 9.67. The Bertz CT molecular complexity index is 718. The van der Waals surface area contributed by atoms with Crippen LogP contribution in [0.2, 0.25) is 0 Å². The molecule has 2 aromatic carbocycles. The van der Waals surface area contributed by atoms with Crippen LogP contribution in [-0.4, -0.2) is 0 Å². The molecule has 2 aromatic rings. The molecule has 0 aliphatic heterocycles. The first kappa shape index (κ1) is 9.91. The molecule has 86 valence electrons. The van der Waals surface area contributed by atoms with Crippen LogP contribution in [-0.2, 0) is 0 Å². The fourth-order valence-electron chi connectivity index (χ4n) is 3.50. The third-order valence-electron chi connectivity index (χ3n) is 4.38. The van der Waals surface area contributed by atoms with Crippen molar-refractivity contribution in [3.05, 3.63) is 59.2 Å². The van der Waals surface area contributed by atoms with Gasteiger partial charge in [-0.25, -0.2) is 0 Å². The SMILES string of the molecule is N#CC1=CC2CCC1c1cc3ccccc3cc12. The molecular weight excluding hydrogens is 218 g/mol. The van der Waals surface area contributed by atoms with E-state index in [0.29, 0.717) is 11.8 Å². The van der Waals surface area contributed by atoms with E-state index in [9.17, 15) is 5.26 Å². The molecule has 2 atom stereocenters. The van der Waals surface area contributed by atoms with Gasteiger partial charge in [0.25, 0.3) is 0 Å². The van der Waals surface area contributed by atoms with Gasteiger partial charge in [0.2, 0.25) is 0 Å². The van der Waals surface area contributed by atoms with Crippen LogP contribution in [0, 0.1) is 11.3 Å². The van der Waals surface area contributed by atoms with E-state index in [4.69, 9.17) is 0 Å². The van der Waals surface area contributed by atoms with Crippen LogP contribution in [0.4, 0.5) is 0 Å². The van der Waals surface area contributed by atoms with Crippen molar-refractivity contribution in [2.75, 3.05) is 0 Å². The molecule has 3 aliphatic carbocycles. The van der Waals surface area contributed by atoms with Crippen LogP contribution < -0.4 is 0 Å². The lowest BCUT2D eigenvalue weighted by molar-refractivity contribution is 0.540. The van der Waals surface area contributed by atoms with Gasteiger partial charge in [0.1, 0.15) is 0 Å². The van der Waals surface area contributed by atoms with Crippen LogP contribution in [0.5, 0.6) is 0 Å². The van der Waals surface area contributed by atoms with Crippen LogP contribution in [0.1, 0.15) is 35.8 Å². The van der Waals surface area contributed by atoms with E-state index in [1.54, 1.807) is 0 Å². The molecule has 0 amide bonds. The molecule has 0 spiro atoms. The Morgan fingerprint density at radius 1 is 1.00 bits per heavy atom. The van der Waals surface area contributed by atoms with E-state index in [-0.39, 0.29) is 0 Å². The first-order chi connectivity index (χ1) is 8.86. The maximum absolute atomic E-state index is 9.23. The molecule has 0 saturated carbocycles. The summed E-state index contributed by atoms with van der Waals surface area (Å²) in [6, 6.07) is 15.5. The standard InChI is InChI=1S/C17H13N/c18-10-14-7-13-5-6-15(14)17-9-12-4-2-1-3-11(12)8-16(13)17/h1-4,7-9,13,15H,5-6H2. The molecule has 3 aliphatic rings. The van der Waals surface area contributed by atoms with Gasteiger partial charge in [-0.2, -0.15) is 5.26 Å². The monoisotopic (exact) mass is 231 g/mol. The minimum atomic E-state index is 0.347. The molecule has 0 saturated heterocycles. The Balaban J connectivity index is 2.01. The molecule has 1 nitrogen and oxygen atoms in total. The zero-order valence-electron chi connectivity index (χ0n) is 10.1. The summed E-state index contributed by atoms with van der Waals surface area (Å²) in [5, 5.41) is 11.8. The van der Waals surface area contributed by atoms with Crippen molar-refractivity contribution in [2.24, 2.45) is 0 Å². The number of nitriles is 1. The number of hydrogen-bond acceptors (Lipinski definition) is 1. The van der Waals surface area contributed by atoms with Gasteiger partial charge < -0.3 is 0 Å². The van der Waals surface area contributed by atoms with Crippen LogP contribution in [0.3, 0.4) is 0 Å². The molecule has 18 heavy (non-hydrogen) atoms. The fraction of sp³-hybridized carbons (Fsp3) is 0.235. The van der Waals surface area contributed by atoms with Crippen molar-refractivity contribution < 1.29 is 0 Å². The Kier molecular flexibility index (Phi) is 1.91. The topological polar surface area (TPSA) is 23.8 Å². The molecule has 2 unspecified atom stereocenters. The average molecular weight is 231 g/mol. The molecule has 0 aromatic heterocycles. The van der Waals surface area contributed by atoms with Gasteiger partial charge >= 0.3 is 0 Å². The Morgan fingerprint density at radius 2 is 1.72 bits per heavy atom. The largest absolute Gasteiger partial charge is 0.193 e. The Labute approximate surface area is 106 Å². The number of hydrogen-bond donors (Lipinski definition) is 0. The van der Waals surface area contributed by atoms with Crippen molar-refractivity contribution in [1.29, 1.82) is 5.26 Å². The number of fused-ring (bicyclic) bond motifs is 2. The van der Waals surface area contributed by atoms with E-state index in [1.807, 2.05) is 0 Å². The first-order valence-electron chi connectivity index (χ1n) is 6.51. The molecule has 0 fully saturated rings. The van der Waals surface area contributed by atoms with Crippen LogP contribution >= 0.6 is 0 Å². The third-order valence-corrected chi connectivity index (χ3v) is 4.38. The average Bonchev–Trinajstić information content (AvgIpc) is 2.45. The van der Waals surface area contributed by atoms with Crippen molar-refractivity contribution >= 4 is 10.8 Å². The van der Waals surface area contributed by atoms with Crippen LogP contribution in [0.25, 0.3) is 10.8 Å². The molecule has 0 radical (unpaired) electrons. The zero-order chi connectivity index (χ0) is 12.1. The maximum Gasteiger partial charge on any atom is 0.0950 e. The third kappa shape index (κ3) is 1.21. The van der Waals surface area contributed by atoms with Crippen molar-refractivity contribution in [3.8, 4) is 6.07 Å². The number of nitrogens with zero attached hydrogens (tertiary/aromatic N) is 1. The van der Waals surface area contributed by atoms with Gasteiger partial charge in [0, 0.05) is 17.4 Å². The molecule has 2 bridgehead atoms. The number of rotatable bonds is 0. The smallest absolute Gasteiger partial charge is 0.0950 e. The van der Waals surface area contributed by atoms with E-state index in [1.165, 1.54) is 28.3 Å². The second-order valence-corrected chi connectivity index (χ2v) is 5.30. The highest BCUT2D eigenvalue weighted by Gasteiger charge is 2.34. The van der Waals surface area contributed by atoms with Gasteiger partial charge in [-0.1, -0.05) is 42.5 Å². The highest BCUT2D eigenvalue weighted by Crippen LogP contribution is 2.49. The summed E-state index contributed by atoms with van der Waals surface area (Å²) in [5.41, 5.74) is 3.82. The summed E-state index contributed by atoms with van der Waals surface area (Å²) in [4.78, 5) is 0. The summed E-state index contributed by atoms with van der Waals surface area (Å²) >= 11 is 0. The van der Waals surface area contributed by atoms with Crippen molar-refractivity contribution in [3.63, 3.8) is 0 Å². The second kappa shape index (κ2) is 3.46. The molecule has 0 N–H and O–H groups in total. The van der Waals surface area contributed by atoms with E-state index >= 15 is 0 Å². The van der Waals surface area contributed by atoms with Gasteiger partial charge in [-0.05, 0) is 34.7 Å². The minimum Gasteiger partial charge on any atom is -0.193 e. The van der Waals surface area contributed by atoms with E-state index in [0.717, 1.165) is 12.0 Å². The second-order valence-electron chi connectivity index (χ2n) is 5.30. The van der Waals surface area contributed by atoms with Gasteiger partial charge in [0.05, 0.1) is 6.07 Å². The van der Waals surface area contributed by atoms with E-state index < -0.39 is 0 Å². The summed E-state index contributed by atoms with van der Waals surface area (Å²) < 4.78 is 0. The predicted molar refractivity (Wildman–Crippen MR) is 72.4 cm³/mol. The summed E-state index contributed by atoms with van der Waals surface area (Å²) in [5.74, 6) is 0.809. The normalized spacial score (nSPS) is 24.5. The fourth-order valence-corrected chi connectivity index (χ4v) is 3.50. The maximum atomic E-state index is 9.23. The summed E-state index contributed by atoms with van der Waals surface area (Å²) in [6.07, 6.45) is 4.52. The molecule has 5 rings (SSSR count). The van der Waals surface area contributed by atoms with Gasteiger partial charge in [-0.3, -0.25) is 0 Å². The van der Waals surface area contributed by atoms with Crippen molar-refractivity contribution in [2.45, 2.75) is 24.7 Å². The lowest BCUT2D eigenvalue weighted by Crippen LogP contribution is -2.20. The highest BCUT2D eigenvalue weighted by molar-refractivity contribution is 5.85.